The normalized spacial score (nSPS) is 11.0. The van der Waals surface area contributed by atoms with Crippen molar-refractivity contribution < 1.29 is 9.32 Å². The van der Waals surface area contributed by atoms with Crippen molar-refractivity contribution >= 4 is 16.9 Å². The minimum absolute atomic E-state index is 0.112. The highest BCUT2D eigenvalue weighted by atomic mass is 16.5. The molecular formula is C26H22N4O2. The molecule has 0 fully saturated rings. The highest BCUT2D eigenvalue weighted by Gasteiger charge is 2.15. The lowest BCUT2D eigenvalue weighted by Crippen LogP contribution is -2.24. The SMILES string of the molecule is O=C(Cc1noc2ccccc12)NCc1cn(Cc2ccccc2)nc1-c1ccccc1. The molecule has 1 N–H and O–H groups in total. The zero-order chi connectivity index (χ0) is 21.8. The summed E-state index contributed by atoms with van der Waals surface area (Å²) in [6, 6.07) is 27.8. The van der Waals surface area contributed by atoms with Crippen LogP contribution in [0.15, 0.2) is 95.6 Å². The van der Waals surface area contributed by atoms with Gasteiger partial charge in [0, 0.05) is 29.3 Å². The van der Waals surface area contributed by atoms with E-state index in [9.17, 15) is 4.79 Å². The van der Waals surface area contributed by atoms with Crippen molar-refractivity contribution in [3.63, 3.8) is 0 Å². The predicted octanol–water partition coefficient (Wildman–Crippen LogP) is 4.60. The Morgan fingerprint density at radius 3 is 2.44 bits per heavy atom. The zero-order valence-electron chi connectivity index (χ0n) is 17.4. The number of para-hydroxylation sites is 1. The van der Waals surface area contributed by atoms with Crippen molar-refractivity contribution in [1.29, 1.82) is 0 Å². The molecule has 0 aliphatic heterocycles. The molecule has 0 saturated carbocycles. The summed E-state index contributed by atoms with van der Waals surface area (Å²) >= 11 is 0. The van der Waals surface area contributed by atoms with Gasteiger partial charge in [-0.05, 0) is 17.7 Å². The largest absolute Gasteiger partial charge is 0.356 e. The Balaban J connectivity index is 1.34. The number of amides is 1. The first-order valence-corrected chi connectivity index (χ1v) is 10.5. The Morgan fingerprint density at radius 2 is 1.62 bits per heavy atom. The van der Waals surface area contributed by atoms with Crippen LogP contribution in [0.5, 0.6) is 0 Å². The molecule has 0 aliphatic carbocycles. The van der Waals surface area contributed by atoms with E-state index >= 15 is 0 Å². The van der Waals surface area contributed by atoms with Crippen LogP contribution in [0.4, 0.5) is 0 Å². The van der Waals surface area contributed by atoms with Crippen LogP contribution in [-0.2, 0) is 24.3 Å². The number of hydrogen-bond acceptors (Lipinski definition) is 4. The molecule has 0 saturated heterocycles. The van der Waals surface area contributed by atoms with Crippen LogP contribution in [0.3, 0.4) is 0 Å². The van der Waals surface area contributed by atoms with Crippen LogP contribution in [-0.4, -0.2) is 20.8 Å². The number of nitrogens with one attached hydrogen (secondary N) is 1. The van der Waals surface area contributed by atoms with Gasteiger partial charge >= 0.3 is 0 Å². The summed E-state index contributed by atoms with van der Waals surface area (Å²) < 4.78 is 7.23. The van der Waals surface area contributed by atoms with E-state index in [4.69, 9.17) is 9.62 Å². The average Bonchev–Trinajstić information content (AvgIpc) is 3.43. The van der Waals surface area contributed by atoms with Crippen molar-refractivity contribution in [3.05, 3.63) is 108 Å². The fourth-order valence-electron chi connectivity index (χ4n) is 3.76. The van der Waals surface area contributed by atoms with E-state index in [0.29, 0.717) is 24.4 Å². The van der Waals surface area contributed by atoms with Crippen molar-refractivity contribution in [2.24, 2.45) is 0 Å². The summed E-state index contributed by atoms with van der Waals surface area (Å²) in [7, 11) is 0. The highest BCUT2D eigenvalue weighted by Crippen LogP contribution is 2.23. The fraction of sp³-hybridized carbons (Fsp3) is 0.115. The van der Waals surface area contributed by atoms with Crippen LogP contribution in [0.2, 0.25) is 0 Å². The maximum Gasteiger partial charge on any atom is 0.226 e. The second kappa shape index (κ2) is 8.89. The number of carbonyl (C=O) groups is 1. The van der Waals surface area contributed by atoms with Crippen molar-refractivity contribution in [2.45, 2.75) is 19.5 Å². The van der Waals surface area contributed by atoms with Crippen LogP contribution in [0, 0.1) is 0 Å². The van der Waals surface area contributed by atoms with E-state index in [1.54, 1.807) is 0 Å². The molecule has 0 unspecified atom stereocenters. The Labute approximate surface area is 185 Å². The molecule has 0 bridgehead atoms. The first-order valence-electron chi connectivity index (χ1n) is 10.5. The highest BCUT2D eigenvalue weighted by molar-refractivity contribution is 5.86. The molecule has 5 aromatic rings. The second-order valence-electron chi connectivity index (χ2n) is 7.63. The summed E-state index contributed by atoms with van der Waals surface area (Å²) in [6.07, 6.45) is 2.16. The number of fused-ring (bicyclic) bond motifs is 1. The second-order valence-corrected chi connectivity index (χ2v) is 7.63. The predicted molar refractivity (Wildman–Crippen MR) is 123 cm³/mol. The fourth-order valence-corrected chi connectivity index (χ4v) is 3.76. The first-order chi connectivity index (χ1) is 15.8. The molecule has 0 aliphatic rings. The number of aromatic nitrogens is 3. The van der Waals surface area contributed by atoms with Crippen LogP contribution < -0.4 is 5.32 Å². The summed E-state index contributed by atoms with van der Waals surface area (Å²) in [6.45, 7) is 1.05. The molecule has 0 atom stereocenters. The van der Waals surface area contributed by atoms with Crippen LogP contribution in [0.1, 0.15) is 16.8 Å². The first kappa shape index (κ1) is 19.8. The maximum atomic E-state index is 12.7. The molecule has 32 heavy (non-hydrogen) atoms. The van der Waals surface area contributed by atoms with Crippen molar-refractivity contribution in [2.75, 3.05) is 0 Å². The van der Waals surface area contributed by atoms with E-state index in [2.05, 4.69) is 22.6 Å². The molecule has 2 heterocycles. The monoisotopic (exact) mass is 422 g/mol. The van der Waals surface area contributed by atoms with E-state index in [-0.39, 0.29) is 12.3 Å². The molecular weight excluding hydrogens is 400 g/mol. The Hall–Kier alpha value is -4.19. The van der Waals surface area contributed by atoms with Gasteiger partial charge in [-0.3, -0.25) is 9.48 Å². The Morgan fingerprint density at radius 1 is 0.906 bits per heavy atom. The lowest BCUT2D eigenvalue weighted by Gasteiger charge is -2.05. The Kier molecular flexibility index (Phi) is 5.49. The molecule has 0 spiro atoms. The van der Waals surface area contributed by atoms with E-state index in [1.807, 2.05) is 83.7 Å². The van der Waals surface area contributed by atoms with Gasteiger partial charge in [-0.1, -0.05) is 78.0 Å². The van der Waals surface area contributed by atoms with Gasteiger partial charge in [-0.25, -0.2) is 0 Å². The van der Waals surface area contributed by atoms with Gasteiger partial charge in [0.25, 0.3) is 0 Å². The number of carbonyl (C=O) groups excluding carboxylic acids is 1. The third-order valence-corrected chi connectivity index (χ3v) is 5.33. The van der Waals surface area contributed by atoms with Gasteiger partial charge in [0.1, 0.15) is 5.69 Å². The molecule has 6 heteroatoms. The molecule has 6 nitrogen and oxygen atoms in total. The van der Waals surface area contributed by atoms with E-state index in [0.717, 1.165) is 22.2 Å². The van der Waals surface area contributed by atoms with Gasteiger partial charge in [0.05, 0.1) is 18.7 Å². The topological polar surface area (TPSA) is 73.0 Å². The van der Waals surface area contributed by atoms with Gasteiger partial charge in [0.15, 0.2) is 5.58 Å². The van der Waals surface area contributed by atoms with Crippen molar-refractivity contribution in [3.8, 4) is 11.3 Å². The lowest BCUT2D eigenvalue weighted by molar-refractivity contribution is -0.120. The van der Waals surface area contributed by atoms with Crippen LogP contribution in [0.25, 0.3) is 22.2 Å². The molecule has 158 valence electrons. The van der Waals surface area contributed by atoms with Crippen LogP contribution >= 0.6 is 0 Å². The summed E-state index contributed by atoms with van der Waals surface area (Å²) in [5.74, 6) is -0.112. The maximum absolute atomic E-state index is 12.7. The molecule has 1 amide bonds. The number of nitrogens with zero attached hydrogens (tertiary/aromatic N) is 3. The standard InChI is InChI=1S/C26H22N4O2/c31-25(15-23-22-13-7-8-14-24(22)32-29-23)27-16-21-18-30(17-19-9-3-1-4-10-19)28-26(21)20-11-5-2-6-12-20/h1-14,18H,15-17H2,(H,27,31). The molecule has 5 rings (SSSR count). The number of hydrogen-bond donors (Lipinski definition) is 1. The molecule has 0 radical (unpaired) electrons. The van der Waals surface area contributed by atoms with Crippen molar-refractivity contribution in [1.82, 2.24) is 20.3 Å². The van der Waals surface area contributed by atoms with Gasteiger partial charge in [-0.15, -0.1) is 0 Å². The Bertz CT molecular complexity index is 1340. The number of rotatable bonds is 7. The van der Waals surface area contributed by atoms with Gasteiger partial charge in [-0.2, -0.15) is 5.10 Å². The van der Waals surface area contributed by atoms with E-state index < -0.39 is 0 Å². The minimum Gasteiger partial charge on any atom is -0.356 e. The number of benzene rings is 3. The third-order valence-electron chi connectivity index (χ3n) is 5.33. The van der Waals surface area contributed by atoms with Gasteiger partial charge < -0.3 is 9.84 Å². The third kappa shape index (κ3) is 4.30. The zero-order valence-corrected chi connectivity index (χ0v) is 17.4. The average molecular weight is 422 g/mol. The summed E-state index contributed by atoms with van der Waals surface area (Å²) in [4.78, 5) is 12.7. The molecule has 3 aromatic carbocycles. The van der Waals surface area contributed by atoms with E-state index in [1.165, 1.54) is 5.56 Å². The quantitative estimate of drug-likeness (QED) is 0.416. The van der Waals surface area contributed by atoms with Gasteiger partial charge in [0.2, 0.25) is 5.91 Å². The minimum atomic E-state index is -0.112. The smallest absolute Gasteiger partial charge is 0.226 e. The summed E-state index contributed by atoms with van der Waals surface area (Å²) in [5, 5.41) is 12.7. The lowest BCUT2D eigenvalue weighted by atomic mass is 10.1. The summed E-state index contributed by atoms with van der Waals surface area (Å²) in [5.41, 5.74) is 5.35. The molecule has 2 aromatic heterocycles.